The van der Waals surface area contributed by atoms with Gasteiger partial charge >= 0.3 is 0 Å². The number of aromatic nitrogens is 1. The Bertz CT molecular complexity index is 314. The number of pyridine rings is 1. The minimum absolute atomic E-state index is 0.462. The molecule has 0 aromatic carbocycles. The van der Waals surface area contributed by atoms with Gasteiger partial charge in [0.2, 0.25) is 0 Å². The fourth-order valence-electron chi connectivity index (χ4n) is 1.01. The summed E-state index contributed by atoms with van der Waals surface area (Å²) in [5.41, 5.74) is 0. The molecule has 2 rings (SSSR count). The molecule has 1 aromatic rings. The number of thioether (sulfide) groups is 1. The lowest BCUT2D eigenvalue weighted by Crippen LogP contribution is -1.98. The highest BCUT2D eigenvalue weighted by Gasteiger charge is 2.24. The second kappa shape index (κ2) is 4.04. The molecule has 70 valence electrons. The Labute approximate surface area is 95.6 Å². The molecule has 1 aromatic heterocycles. The maximum atomic E-state index is 5.76. The van der Waals surface area contributed by atoms with Crippen LogP contribution in [0.1, 0.15) is 12.8 Å². The molecular weight excluding hydrogens is 297 g/mol. The van der Waals surface area contributed by atoms with E-state index in [1.807, 2.05) is 18.5 Å². The molecule has 0 bridgehead atoms. The topological polar surface area (TPSA) is 22.1 Å². The van der Waals surface area contributed by atoms with Gasteiger partial charge in [0, 0.05) is 12.3 Å². The number of nitrogens with zero attached hydrogens (tertiary/aromatic N) is 1. The van der Waals surface area contributed by atoms with Crippen molar-refractivity contribution in [2.24, 2.45) is 0 Å². The Morgan fingerprint density at radius 2 is 2.38 bits per heavy atom. The number of rotatable bonds is 3. The largest absolute Gasteiger partial charge is 0.489 e. The summed E-state index contributed by atoms with van der Waals surface area (Å²) in [6, 6.07) is 2.00. The lowest BCUT2D eigenvalue weighted by atomic mass is 10.4. The third-order valence-corrected chi connectivity index (χ3v) is 3.17. The maximum absolute atomic E-state index is 5.76. The normalized spacial score (nSPS) is 15.8. The van der Waals surface area contributed by atoms with Gasteiger partial charge in [-0.2, -0.15) is 0 Å². The van der Waals surface area contributed by atoms with E-state index in [0.717, 1.165) is 14.3 Å². The smallest absolute Gasteiger partial charge is 0.137 e. The molecule has 0 spiro atoms. The molecule has 1 aliphatic rings. The monoisotopic (exact) mass is 307 g/mol. The van der Waals surface area contributed by atoms with Crippen LogP contribution in [-0.2, 0) is 0 Å². The Morgan fingerprint density at radius 1 is 1.62 bits per heavy atom. The van der Waals surface area contributed by atoms with Crippen LogP contribution in [0.4, 0.5) is 0 Å². The highest BCUT2D eigenvalue weighted by Crippen LogP contribution is 2.33. The van der Waals surface area contributed by atoms with Crippen LogP contribution in [0.2, 0.25) is 0 Å². The fraction of sp³-hybridized carbons (Fsp3) is 0.444. The van der Waals surface area contributed by atoms with Gasteiger partial charge in [-0.25, -0.2) is 4.98 Å². The predicted octanol–water partition coefficient (Wildman–Crippen LogP) is 2.95. The van der Waals surface area contributed by atoms with Crippen LogP contribution in [0.5, 0.6) is 5.75 Å². The van der Waals surface area contributed by atoms with Crippen LogP contribution in [0.25, 0.3) is 0 Å². The minimum Gasteiger partial charge on any atom is -0.489 e. The average molecular weight is 307 g/mol. The molecule has 0 atom stereocenters. The van der Waals surface area contributed by atoms with E-state index in [0.29, 0.717) is 6.10 Å². The van der Waals surface area contributed by atoms with Crippen LogP contribution in [0.3, 0.4) is 0 Å². The molecule has 0 amide bonds. The first-order valence-corrected chi connectivity index (χ1v) is 6.46. The zero-order chi connectivity index (χ0) is 9.26. The molecule has 0 N–H and O–H groups in total. The van der Waals surface area contributed by atoms with E-state index >= 15 is 0 Å². The van der Waals surface area contributed by atoms with E-state index < -0.39 is 0 Å². The summed E-state index contributed by atoms with van der Waals surface area (Å²) in [4.78, 5) is 5.36. The number of hydrogen-bond donors (Lipinski definition) is 0. The van der Waals surface area contributed by atoms with Crippen molar-refractivity contribution in [1.82, 2.24) is 4.98 Å². The Hall–Kier alpha value is 0.0300. The zero-order valence-corrected chi connectivity index (χ0v) is 10.3. The van der Waals surface area contributed by atoms with Crippen molar-refractivity contribution < 1.29 is 4.74 Å². The first kappa shape index (κ1) is 9.58. The van der Waals surface area contributed by atoms with Gasteiger partial charge in [0.1, 0.15) is 9.45 Å². The molecule has 1 aliphatic carbocycles. The quantitative estimate of drug-likeness (QED) is 0.487. The molecule has 1 fully saturated rings. The van der Waals surface area contributed by atoms with Gasteiger partial charge < -0.3 is 4.74 Å². The Balaban J connectivity index is 2.22. The van der Waals surface area contributed by atoms with Crippen LogP contribution in [0, 0.1) is 3.70 Å². The van der Waals surface area contributed by atoms with Gasteiger partial charge in [-0.3, -0.25) is 0 Å². The second-order valence-electron chi connectivity index (χ2n) is 2.98. The SMILES string of the molecule is CSc1cnc(I)cc1OC1CC1. The average Bonchev–Trinajstić information content (AvgIpc) is 2.89. The van der Waals surface area contributed by atoms with Gasteiger partial charge in [-0.05, 0) is 41.7 Å². The molecule has 0 saturated heterocycles. The van der Waals surface area contributed by atoms with Crippen molar-refractivity contribution in [3.63, 3.8) is 0 Å². The summed E-state index contributed by atoms with van der Waals surface area (Å²) < 4.78 is 6.75. The molecule has 13 heavy (non-hydrogen) atoms. The first-order valence-electron chi connectivity index (χ1n) is 4.16. The Kier molecular flexibility index (Phi) is 2.98. The highest BCUT2D eigenvalue weighted by molar-refractivity contribution is 14.1. The molecule has 4 heteroatoms. The van der Waals surface area contributed by atoms with Crippen molar-refractivity contribution in [1.29, 1.82) is 0 Å². The van der Waals surface area contributed by atoms with Crippen LogP contribution < -0.4 is 4.74 Å². The lowest BCUT2D eigenvalue weighted by molar-refractivity contribution is 0.295. The molecule has 0 aliphatic heterocycles. The van der Waals surface area contributed by atoms with E-state index in [-0.39, 0.29) is 0 Å². The van der Waals surface area contributed by atoms with Crippen molar-refractivity contribution in [2.75, 3.05) is 6.26 Å². The minimum atomic E-state index is 0.462. The summed E-state index contributed by atoms with van der Waals surface area (Å²) in [7, 11) is 0. The third-order valence-electron chi connectivity index (χ3n) is 1.84. The maximum Gasteiger partial charge on any atom is 0.137 e. The standard InChI is InChI=1S/C9H10INOS/c1-13-8-5-11-9(10)4-7(8)12-6-2-3-6/h4-6H,2-3H2,1H3. The van der Waals surface area contributed by atoms with E-state index in [1.54, 1.807) is 11.8 Å². The van der Waals surface area contributed by atoms with Crippen molar-refractivity contribution in [2.45, 2.75) is 23.8 Å². The van der Waals surface area contributed by atoms with Crippen LogP contribution >= 0.6 is 34.4 Å². The number of ether oxygens (including phenoxy) is 1. The van der Waals surface area contributed by atoms with E-state index in [2.05, 4.69) is 27.6 Å². The first-order chi connectivity index (χ1) is 6.29. The molecule has 0 unspecified atom stereocenters. The summed E-state index contributed by atoms with van der Waals surface area (Å²) in [6.45, 7) is 0. The van der Waals surface area contributed by atoms with Gasteiger partial charge in [0.15, 0.2) is 0 Å². The second-order valence-corrected chi connectivity index (χ2v) is 4.93. The predicted molar refractivity (Wildman–Crippen MR) is 62.4 cm³/mol. The molecule has 1 heterocycles. The molecule has 0 radical (unpaired) electrons. The zero-order valence-electron chi connectivity index (χ0n) is 7.29. The van der Waals surface area contributed by atoms with Crippen molar-refractivity contribution >= 4 is 34.4 Å². The van der Waals surface area contributed by atoms with Gasteiger partial charge in [0.25, 0.3) is 0 Å². The van der Waals surface area contributed by atoms with Gasteiger partial charge in [0.05, 0.1) is 11.0 Å². The van der Waals surface area contributed by atoms with Crippen molar-refractivity contribution in [3.8, 4) is 5.75 Å². The summed E-state index contributed by atoms with van der Waals surface area (Å²) in [5.74, 6) is 0.995. The third kappa shape index (κ3) is 2.49. The molecule has 2 nitrogen and oxygen atoms in total. The van der Waals surface area contributed by atoms with Crippen LogP contribution in [0.15, 0.2) is 17.2 Å². The summed E-state index contributed by atoms with van der Waals surface area (Å²) in [6.07, 6.45) is 6.79. The van der Waals surface area contributed by atoms with E-state index in [1.165, 1.54) is 12.8 Å². The van der Waals surface area contributed by atoms with E-state index in [9.17, 15) is 0 Å². The number of halogens is 1. The summed E-state index contributed by atoms with van der Waals surface area (Å²) in [5, 5.41) is 0. The number of hydrogen-bond acceptors (Lipinski definition) is 3. The highest BCUT2D eigenvalue weighted by atomic mass is 127. The van der Waals surface area contributed by atoms with Gasteiger partial charge in [-0.15, -0.1) is 11.8 Å². The van der Waals surface area contributed by atoms with Crippen molar-refractivity contribution in [3.05, 3.63) is 16.0 Å². The van der Waals surface area contributed by atoms with E-state index in [4.69, 9.17) is 4.74 Å². The van der Waals surface area contributed by atoms with Crippen LogP contribution in [-0.4, -0.2) is 17.3 Å². The summed E-state index contributed by atoms with van der Waals surface area (Å²) >= 11 is 3.89. The molecular formula is C9H10INOS. The Morgan fingerprint density at radius 3 is 3.00 bits per heavy atom. The lowest BCUT2D eigenvalue weighted by Gasteiger charge is -2.08. The van der Waals surface area contributed by atoms with Gasteiger partial charge in [-0.1, -0.05) is 0 Å². The molecule has 1 saturated carbocycles. The fourth-order valence-corrected chi connectivity index (χ4v) is 1.90.